The second-order valence-corrected chi connectivity index (χ2v) is 4.10. The average molecular weight is 271 g/mol. The molecule has 0 saturated carbocycles. The normalized spacial score (nSPS) is 10.4. The highest BCUT2D eigenvalue weighted by Crippen LogP contribution is 2.14. The minimum absolute atomic E-state index is 0.315. The van der Waals surface area contributed by atoms with Crippen LogP contribution in [0.3, 0.4) is 0 Å². The lowest BCUT2D eigenvalue weighted by Gasteiger charge is -1.96. The molecule has 72 valence electrons. The second-order valence-electron chi connectivity index (χ2n) is 2.81. The van der Waals surface area contributed by atoms with Crippen molar-refractivity contribution in [1.82, 2.24) is 10.2 Å². The Morgan fingerprint density at radius 2 is 2.36 bits per heavy atom. The molecule has 5 heteroatoms. The summed E-state index contributed by atoms with van der Waals surface area (Å²) in [4.78, 5) is 0.315. The summed E-state index contributed by atoms with van der Waals surface area (Å²) in [6.45, 7) is 0. The van der Waals surface area contributed by atoms with Gasteiger partial charge in [0.25, 0.3) is 4.84 Å². The van der Waals surface area contributed by atoms with Crippen molar-refractivity contribution < 1.29 is 4.42 Å². The molecule has 0 fully saturated rings. The molecule has 3 nitrogen and oxygen atoms in total. The Bertz CT molecular complexity index is 491. The number of nitrogens with one attached hydrogen (secondary N) is 1. The van der Waals surface area contributed by atoms with Crippen LogP contribution in [0.2, 0.25) is 0 Å². The van der Waals surface area contributed by atoms with Crippen molar-refractivity contribution in [3.05, 3.63) is 45.0 Å². The van der Waals surface area contributed by atoms with E-state index in [4.69, 9.17) is 16.6 Å². The Morgan fingerprint density at radius 1 is 1.50 bits per heavy atom. The van der Waals surface area contributed by atoms with Gasteiger partial charge in [-0.05, 0) is 29.9 Å². The quantitative estimate of drug-likeness (QED) is 0.853. The SMILES string of the molecule is S=c1[nH]nc(Cc2cccc(Br)c2)o1. The van der Waals surface area contributed by atoms with Gasteiger partial charge >= 0.3 is 0 Å². The molecule has 0 aliphatic carbocycles. The van der Waals surface area contributed by atoms with E-state index in [0.717, 1.165) is 10.0 Å². The monoisotopic (exact) mass is 270 g/mol. The van der Waals surface area contributed by atoms with E-state index in [1.54, 1.807) is 0 Å². The highest BCUT2D eigenvalue weighted by Gasteiger charge is 2.01. The van der Waals surface area contributed by atoms with Gasteiger partial charge in [0.05, 0.1) is 6.42 Å². The van der Waals surface area contributed by atoms with Gasteiger partial charge in [-0.25, -0.2) is 5.10 Å². The van der Waals surface area contributed by atoms with Gasteiger partial charge in [-0.15, -0.1) is 5.10 Å². The molecule has 0 unspecified atom stereocenters. The van der Waals surface area contributed by atoms with E-state index in [1.807, 2.05) is 24.3 Å². The largest absolute Gasteiger partial charge is 0.414 e. The number of rotatable bonds is 2. The lowest BCUT2D eigenvalue weighted by atomic mass is 10.1. The fourth-order valence-corrected chi connectivity index (χ4v) is 1.75. The Labute approximate surface area is 94.3 Å². The third-order valence-corrected chi connectivity index (χ3v) is 2.39. The molecule has 0 atom stereocenters. The van der Waals surface area contributed by atoms with Gasteiger partial charge < -0.3 is 4.42 Å². The van der Waals surface area contributed by atoms with Crippen LogP contribution in [0.4, 0.5) is 0 Å². The summed E-state index contributed by atoms with van der Waals surface area (Å²) in [5.41, 5.74) is 1.13. The zero-order chi connectivity index (χ0) is 9.97. The van der Waals surface area contributed by atoms with Crippen molar-refractivity contribution in [1.29, 1.82) is 0 Å². The Morgan fingerprint density at radius 3 is 3.00 bits per heavy atom. The summed E-state index contributed by atoms with van der Waals surface area (Å²) in [5.74, 6) is 0.605. The Kier molecular flexibility index (Phi) is 2.79. The van der Waals surface area contributed by atoms with Gasteiger partial charge in [0.15, 0.2) is 0 Å². The number of hydrogen-bond acceptors (Lipinski definition) is 3. The standard InChI is InChI=1S/C9H7BrN2OS/c10-7-3-1-2-6(4-7)5-8-11-12-9(14)13-8/h1-4H,5H2,(H,12,14). The first-order valence-electron chi connectivity index (χ1n) is 4.03. The lowest BCUT2D eigenvalue weighted by molar-refractivity contribution is 0.491. The molecular formula is C9H7BrN2OS. The summed E-state index contributed by atoms with van der Waals surface area (Å²) < 4.78 is 6.21. The maximum Gasteiger partial charge on any atom is 0.284 e. The Hall–Kier alpha value is -0.940. The molecule has 2 rings (SSSR count). The van der Waals surface area contributed by atoms with Crippen LogP contribution in [0, 0.1) is 4.84 Å². The van der Waals surface area contributed by atoms with Crippen molar-refractivity contribution in [2.45, 2.75) is 6.42 Å². The minimum atomic E-state index is 0.315. The molecule has 0 bridgehead atoms. The van der Waals surface area contributed by atoms with Gasteiger partial charge in [0.1, 0.15) is 0 Å². The number of aromatic amines is 1. The molecule has 1 heterocycles. The van der Waals surface area contributed by atoms with Crippen LogP contribution in [0.5, 0.6) is 0 Å². The summed E-state index contributed by atoms with van der Waals surface area (Å²) in [6, 6.07) is 7.98. The zero-order valence-corrected chi connectivity index (χ0v) is 9.56. The van der Waals surface area contributed by atoms with Crippen LogP contribution in [0.15, 0.2) is 33.2 Å². The third-order valence-electron chi connectivity index (χ3n) is 1.73. The molecule has 1 aromatic carbocycles. The van der Waals surface area contributed by atoms with E-state index >= 15 is 0 Å². The second kappa shape index (κ2) is 4.06. The van der Waals surface area contributed by atoms with Crippen LogP contribution in [-0.2, 0) is 6.42 Å². The van der Waals surface area contributed by atoms with E-state index in [2.05, 4.69) is 26.1 Å². The van der Waals surface area contributed by atoms with E-state index in [0.29, 0.717) is 17.1 Å². The van der Waals surface area contributed by atoms with Gasteiger partial charge in [-0.2, -0.15) is 0 Å². The maximum atomic E-state index is 5.16. The molecule has 1 aromatic heterocycles. The summed E-state index contributed by atoms with van der Waals surface area (Å²) in [6.07, 6.45) is 0.645. The summed E-state index contributed by atoms with van der Waals surface area (Å²) in [5, 5.41) is 6.52. The van der Waals surface area contributed by atoms with Gasteiger partial charge in [0.2, 0.25) is 5.89 Å². The van der Waals surface area contributed by atoms with Crippen molar-refractivity contribution in [3.63, 3.8) is 0 Å². The summed E-state index contributed by atoms with van der Waals surface area (Å²) in [7, 11) is 0. The first-order chi connectivity index (χ1) is 6.74. The average Bonchev–Trinajstić information content (AvgIpc) is 2.51. The summed E-state index contributed by atoms with van der Waals surface area (Å²) >= 11 is 8.18. The van der Waals surface area contributed by atoms with Crippen molar-refractivity contribution >= 4 is 28.1 Å². The number of halogens is 1. The molecular weight excluding hydrogens is 264 g/mol. The highest BCUT2D eigenvalue weighted by atomic mass is 79.9. The molecule has 0 saturated heterocycles. The first-order valence-corrected chi connectivity index (χ1v) is 5.23. The van der Waals surface area contributed by atoms with Gasteiger partial charge in [-0.1, -0.05) is 28.1 Å². The number of hydrogen-bond donors (Lipinski definition) is 1. The maximum absolute atomic E-state index is 5.16. The molecule has 14 heavy (non-hydrogen) atoms. The molecule has 0 radical (unpaired) electrons. The Balaban J connectivity index is 2.22. The zero-order valence-electron chi connectivity index (χ0n) is 7.16. The smallest absolute Gasteiger partial charge is 0.284 e. The van der Waals surface area contributed by atoms with E-state index in [1.165, 1.54) is 0 Å². The van der Waals surface area contributed by atoms with Crippen molar-refractivity contribution in [2.75, 3.05) is 0 Å². The number of aromatic nitrogens is 2. The molecule has 0 aliphatic heterocycles. The minimum Gasteiger partial charge on any atom is -0.414 e. The van der Waals surface area contributed by atoms with Crippen LogP contribution in [0.25, 0.3) is 0 Å². The highest BCUT2D eigenvalue weighted by molar-refractivity contribution is 9.10. The molecule has 0 amide bonds. The van der Waals surface area contributed by atoms with Crippen LogP contribution >= 0.6 is 28.1 Å². The van der Waals surface area contributed by atoms with Crippen molar-refractivity contribution in [3.8, 4) is 0 Å². The van der Waals surface area contributed by atoms with E-state index < -0.39 is 0 Å². The fraction of sp³-hybridized carbons (Fsp3) is 0.111. The predicted octanol–water partition coefficient (Wildman–Crippen LogP) is 3.09. The van der Waals surface area contributed by atoms with Gasteiger partial charge in [-0.3, -0.25) is 0 Å². The van der Waals surface area contributed by atoms with E-state index in [-0.39, 0.29) is 0 Å². The van der Waals surface area contributed by atoms with Crippen LogP contribution in [0.1, 0.15) is 11.5 Å². The number of nitrogens with zero attached hydrogens (tertiary/aromatic N) is 1. The molecule has 2 aromatic rings. The molecule has 0 aliphatic rings. The van der Waals surface area contributed by atoms with Gasteiger partial charge in [0, 0.05) is 4.47 Å². The lowest BCUT2D eigenvalue weighted by Crippen LogP contribution is -1.87. The fourth-order valence-electron chi connectivity index (χ4n) is 1.16. The van der Waals surface area contributed by atoms with E-state index in [9.17, 15) is 0 Å². The predicted molar refractivity (Wildman–Crippen MR) is 58.6 cm³/mol. The first kappa shape index (κ1) is 9.61. The van der Waals surface area contributed by atoms with Crippen LogP contribution < -0.4 is 0 Å². The molecule has 0 spiro atoms. The molecule has 1 N–H and O–H groups in total. The topological polar surface area (TPSA) is 41.8 Å². The third kappa shape index (κ3) is 2.30. The van der Waals surface area contributed by atoms with Crippen molar-refractivity contribution in [2.24, 2.45) is 0 Å². The number of H-pyrrole nitrogens is 1. The van der Waals surface area contributed by atoms with Crippen LogP contribution in [-0.4, -0.2) is 10.2 Å². The number of benzene rings is 1.